The van der Waals surface area contributed by atoms with Crippen molar-refractivity contribution in [3.05, 3.63) is 29.3 Å². The molecule has 1 aromatic carbocycles. The molecule has 0 radical (unpaired) electrons. The van der Waals surface area contributed by atoms with Crippen LogP contribution in [0.15, 0.2) is 18.2 Å². The lowest BCUT2D eigenvalue weighted by atomic mass is 9.97. The first kappa shape index (κ1) is 9.53. The molecular weight excluding hydrogens is 174 g/mol. The van der Waals surface area contributed by atoms with E-state index in [0.29, 0.717) is 11.8 Å². The van der Waals surface area contributed by atoms with Crippen LogP contribution in [0.3, 0.4) is 0 Å². The summed E-state index contributed by atoms with van der Waals surface area (Å²) in [5, 5.41) is 12.9. The fourth-order valence-corrected chi connectivity index (χ4v) is 2.19. The zero-order valence-electron chi connectivity index (χ0n) is 8.59. The molecule has 76 valence electrons. The van der Waals surface area contributed by atoms with Crippen LogP contribution < -0.4 is 5.32 Å². The maximum absolute atomic E-state index is 9.39. The van der Waals surface area contributed by atoms with Gasteiger partial charge in [-0.3, -0.25) is 0 Å². The molecule has 0 bridgehead atoms. The van der Waals surface area contributed by atoms with Crippen molar-refractivity contribution in [2.45, 2.75) is 32.2 Å². The van der Waals surface area contributed by atoms with Crippen LogP contribution in [-0.2, 0) is 6.42 Å². The molecule has 0 unspecified atom stereocenters. The number of phenolic OH excluding ortho intramolecular Hbond substituents is 1. The van der Waals surface area contributed by atoms with Crippen molar-refractivity contribution in [3.8, 4) is 5.75 Å². The summed E-state index contributed by atoms with van der Waals surface area (Å²) in [6.45, 7) is 3.25. The van der Waals surface area contributed by atoms with E-state index in [0.717, 1.165) is 13.0 Å². The highest BCUT2D eigenvalue weighted by Crippen LogP contribution is 2.28. The maximum atomic E-state index is 9.39. The minimum absolute atomic E-state index is 0.378. The number of hydrogen-bond donors (Lipinski definition) is 2. The maximum Gasteiger partial charge on any atom is 0.115 e. The van der Waals surface area contributed by atoms with E-state index in [9.17, 15) is 5.11 Å². The molecule has 2 rings (SSSR count). The van der Waals surface area contributed by atoms with Crippen molar-refractivity contribution in [2.24, 2.45) is 0 Å². The predicted molar refractivity (Wildman–Crippen MR) is 57.5 cm³/mol. The van der Waals surface area contributed by atoms with E-state index in [1.165, 1.54) is 24.0 Å². The topological polar surface area (TPSA) is 32.3 Å². The highest BCUT2D eigenvalue weighted by Gasteiger charge is 2.18. The summed E-state index contributed by atoms with van der Waals surface area (Å²) in [5.74, 6) is 0.378. The predicted octanol–water partition coefficient (Wildman–Crippen LogP) is 2.38. The highest BCUT2D eigenvalue weighted by molar-refractivity contribution is 5.37. The normalized spacial score (nSPS) is 21.4. The van der Waals surface area contributed by atoms with E-state index in [1.54, 1.807) is 6.07 Å². The van der Waals surface area contributed by atoms with Gasteiger partial charge in [0.1, 0.15) is 5.75 Å². The molecule has 1 saturated heterocycles. The van der Waals surface area contributed by atoms with Crippen molar-refractivity contribution in [3.63, 3.8) is 0 Å². The minimum atomic E-state index is 0.378. The Morgan fingerprint density at radius 3 is 3.00 bits per heavy atom. The molecule has 2 heteroatoms. The number of rotatable bonds is 2. The van der Waals surface area contributed by atoms with Gasteiger partial charge in [-0.1, -0.05) is 13.0 Å². The summed E-state index contributed by atoms with van der Waals surface area (Å²) in [6, 6.07) is 6.23. The first-order valence-corrected chi connectivity index (χ1v) is 5.36. The van der Waals surface area contributed by atoms with Crippen LogP contribution in [0.25, 0.3) is 0 Å². The molecule has 2 N–H and O–H groups in total. The fourth-order valence-electron chi connectivity index (χ4n) is 2.19. The summed E-state index contributed by atoms with van der Waals surface area (Å²) in [7, 11) is 0. The molecular formula is C12H17NO. The number of nitrogens with one attached hydrogen (secondary N) is 1. The summed E-state index contributed by atoms with van der Waals surface area (Å²) in [5.41, 5.74) is 2.63. The number of aromatic hydroxyl groups is 1. The molecule has 1 aliphatic heterocycles. The van der Waals surface area contributed by atoms with Crippen LogP contribution in [0.5, 0.6) is 5.75 Å². The number of hydrogen-bond acceptors (Lipinski definition) is 2. The Hall–Kier alpha value is -1.02. The molecule has 2 nitrogen and oxygen atoms in total. The average molecular weight is 191 g/mol. The molecule has 14 heavy (non-hydrogen) atoms. The second-order valence-corrected chi connectivity index (χ2v) is 3.89. The van der Waals surface area contributed by atoms with Gasteiger partial charge < -0.3 is 10.4 Å². The molecule has 0 aliphatic carbocycles. The summed E-state index contributed by atoms with van der Waals surface area (Å²) in [4.78, 5) is 0. The van der Waals surface area contributed by atoms with Crippen LogP contribution >= 0.6 is 0 Å². The lowest BCUT2D eigenvalue weighted by molar-refractivity contribution is 0.473. The van der Waals surface area contributed by atoms with Gasteiger partial charge >= 0.3 is 0 Å². The molecule has 1 atom stereocenters. The van der Waals surface area contributed by atoms with Crippen LogP contribution in [-0.4, -0.2) is 11.7 Å². The summed E-state index contributed by atoms with van der Waals surface area (Å²) >= 11 is 0. The first-order valence-electron chi connectivity index (χ1n) is 5.36. The second-order valence-electron chi connectivity index (χ2n) is 3.89. The Bertz CT molecular complexity index is 316. The SMILES string of the molecule is CCc1cc(O)ccc1[C@H]1CCCN1. The zero-order valence-corrected chi connectivity index (χ0v) is 8.59. The first-order chi connectivity index (χ1) is 6.81. The third kappa shape index (κ3) is 1.75. The molecule has 0 amide bonds. The van der Waals surface area contributed by atoms with Gasteiger partial charge in [-0.2, -0.15) is 0 Å². The van der Waals surface area contributed by atoms with Gasteiger partial charge in [0.05, 0.1) is 0 Å². The van der Waals surface area contributed by atoms with Gasteiger partial charge in [-0.25, -0.2) is 0 Å². The van der Waals surface area contributed by atoms with Gasteiger partial charge in [0.2, 0.25) is 0 Å². The van der Waals surface area contributed by atoms with Gasteiger partial charge in [-0.05, 0) is 49.1 Å². The van der Waals surface area contributed by atoms with Crippen LogP contribution in [0.1, 0.15) is 36.9 Å². The van der Waals surface area contributed by atoms with Crippen LogP contribution in [0, 0.1) is 0 Å². The fraction of sp³-hybridized carbons (Fsp3) is 0.500. The van der Waals surface area contributed by atoms with E-state index in [1.807, 2.05) is 6.07 Å². The van der Waals surface area contributed by atoms with E-state index >= 15 is 0 Å². The van der Waals surface area contributed by atoms with Crippen LogP contribution in [0.4, 0.5) is 0 Å². The smallest absolute Gasteiger partial charge is 0.115 e. The zero-order chi connectivity index (χ0) is 9.97. The minimum Gasteiger partial charge on any atom is -0.508 e. The molecule has 1 aromatic rings. The van der Waals surface area contributed by atoms with E-state index in [-0.39, 0.29) is 0 Å². The Balaban J connectivity index is 2.31. The van der Waals surface area contributed by atoms with E-state index < -0.39 is 0 Å². The number of phenols is 1. The molecule has 1 aliphatic rings. The average Bonchev–Trinajstić information content (AvgIpc) is 2.70. The lowest BCUT2D eigenvalue weighted by Gasteiger charge is -2.15. The second kappa shape index (κ2) is 4.01. The molecule has 1 heterocycles. The Morgan fingerprint density at radius 1 is 1.50 bits per heavy atom. The lowest BCUT2D eigenvalue weighted by Crippen LogP contribution is -2.14. The molecule has 1 fully saturated rings. The van der Waals surface area contributed by atoms with Crippen molar-refractivity contribution in [1.29, 1.82) is 0 Å². The van der Waals surface area contributed by atoms with Crippen molar-refractivity contribution in [2.75, 3.05) is 6.54 Å². The number of aryl methyl sites for hydroxylation is 1. The monoisotopic (exact) mass is 191 g/mol. The van der Waals surface area contributed by atoms with Gasteiger partial charge in [0.25, 0.3) is 0 Å². The Kier molecular flexibility index (Phi) is 2.73. The van der Waals surface area contributed by atoms with Crippen molar-refractivity contribution >= 4 is 0 Å². The molecule has 0 saturated carbocycles. The Labute approximate surface area is 85.0 Å². The van der Waals surface area contributed by atoms with E-state index in [4.69, 9.17) is 0 Å². The highest BCUT2D eigenvalue weighted by atomic mass is 16.3. The standard InChI is InChI=1S/C12H17NO/c1-2-9-8-10(14)5-6-11(9)12-4-3-7-13-12/h5-6,8,12-14H,2-4,7H2,1H3/t12-/m1/s1. The van der Waals surface area contributed by atoms with Crippen molar-refractivity contribution < 1.29 is 5.11 Å². The van der Waals surface area contributed by atoms with E-state index in [2.05, 4.69) is 18.3 Å². The third-order valence-corrected chi connectivity index (χ3v) is 2.94. The third-order valence-electron chi connectivity index (χ3n) is 2.94. The van der Waals surface area contributed by atoms with Gasteiger partial charge in [0, 0.05) is 6.04 Å². The quantitative estimate of drug-likeness (QED) is 0.752. The largest absolute Gasteiger partial charge is 0.508 e. The van der Waals surface area contributed by atoms with Gasteiger partial charge in [-0.15, -0.1) is 0 Å². The Morgan fingerprint density at radius 2 is 2.36 bits per heavy atom. The summed E-state index contributed by atoms with van der Waals surface area (Å²) in [6.07, 6.45) is 3.47. The number of benzene rings is 1. The molecule has 0 aromatic heterocycles. The summed E-state index contributed by atoms with van der Waals surface area (Å²) < 4.78 is 0. The van der Waals surface area contributed by atoms with Crippen LogP contribution in [0.2, 0.25) is 0 Å². The van der Waals surface area contributed by atoms with Gasteiger partial charge in [0.15, 0.2) is 0 Å². The molecule has 0 spiro atoms. The van der Waals surface area contributed by atoms with Crippen molar-refractivity contribution in [1.82, 2.24) is 5.32 Å².